The molecule has 8 heteroatoms. The zero-order chi connectivity index (χ0) is 13.4. The monoisotopic (exact) mass is 264 g/mol. The Hall–Kier alpha value is -2.38. The molecule has 0 saturated heterocycles. The highest BCUT2D eigenvalue weighted by atomic mass is 19.3. The van der Waals surface area contributed by atoms with Crippen LogP contribution < -0.4 is 0 Å². The van der Waals surface area contributed by atoms with Crippen molar-refractivity contribution in [3.8, 4) is 0 Å². The smallest absolute Gasteiger partial charge is 0.269 e. The van der Waals surface area contributed by atoms with E-state index in [0.29, 0.717) is 16.9 Å². The van der Waals surface area contributed by atoms with E-state index >= 15 is 0 Å². The molecule has 0 amide bonds. The first-order chi connectivity index (χ1) is 9.16. The Balaban J connectivity index is 2.12. The van der Waals surface area contributed by atoms with E-state index in [-0.39, 0.29) is 12.4 Å². The molecule has 2 aromatic heterocycles. The van der Waals surface area contributed by atoms with Crippen LogP contribution in [0.5, 0.6) is 0 Å². The predicted octanol–water partition coefficient (Wildman–Crippen LogP) is 1.77. The molecule has 0 atom stereocenters. The molecular formula is C11H10F2N6. The summed E-state index contributed by atoms with van der Waals surface area (Å²) in [6.45, 7) is -0.841. The van der Waals surface area contributed by atoms with Crippen LogP contribution in [-0.2, 0) is 6.54 Å². The maximum atomic E-state index is 13.2. The zero-order valence-electron chi connectivity index (χ0n) is 10.0. The molecule has 0 fully saturated rings. The molecule has 6 nitrogen and oxygen atoms in total. The van der Waals surface area contributed by atoms with Crippen LogP contribution in [0.2, 0.25) is 0 Å². The number of aromatic nitrogens is 6. The number of para-hydroxylation sites is 2. The number of benzene rings is 1. The van der Waals surface area contributed by atoms with Crippen molar-refractivity contribution in [2.75, 3.05) is 0 Å². The molecule has 98 valence electrons. The van der Waals surface area contributed by atoms with Gasteiger partial charge in [-0.05, 0) is 29.5 Å². The summed E-state index contributed by atoms with van der Waals surface area (Å²) >= 11 is 0. The van der Waals surface area contributed by atoms with Crippen molar-refractivity contribution < 1.29 is 8.78 Å². The van der Waals surface area contributed by atoms with E-state index in [0.717, 1.165) is 4.57 Å². The summed E-state index contributed by atoms with van der Waals surface area (Å²) in [6, 6.07) is 6.78. The molecule has 0 spiro atoms. The van der Waals surface area contributed by atoms with Crippen molar-refractivity contribution in [2.24, 2.45) is 0 Å². The van der Waals surface area contributed by atoms with Gasteiger partial charge in [0.25, 0.3) is 0 Å². The lowest BCUT2D eigenvalue weighted by Crippen LogP contribution is -2.11. The number of alkyl halides is 2. The zero-order valence-corrected chi connectivity index (χ0v) is 10.0. The normalized spacial score (nSPS) is 11.6. The van der Waals surface area contributed by atoms with E-state index < -0.39 is 6.55 Å². The molecule has 0 saturated carbocycles. The van der Waals surface area contributed by atoms with Crippen molar-refractivity contribution in [2.45, 2.75) is 20.0 Å². The largest absolute Gasteiger partial charge is 0.320 e. The maximum absolute atomic E-state index is 13.2. The summed E-state index contributed by atoms with van der Waals surface area (Å²) in [4.78, 5) is 4.22. The van der Waals surface area contributed by atoms with Gasteiger partial charge in [-0.15, -0.1) is 5.10 Å². The molecule has 0 unspecified atom stereocenters. The summed E-state index contributed by atoms with van der Waals surface area (Å²) in [5.41, 5.74) is 0.932. The topological polar surface area (TPSA) is 61.4 Å². The van der Waals surface area contributed by atoms with Gasteiger partial charge in [0.15, 0.2) is 0 Å². The number of fused-ring (bicyclic) bond motifs is 1. The Bertz CT molecular complexity index is 717. The van der Waals surface area contributed by atoms with Crippen LogP contribution in [0.3, 0.4) is 0 Å². The number of aryl methyl sites for hydroxylation is 1. The number of hydrogen-bond donors (Lipinski definition) is 0. The molecule has 0 aliphatic heterocycles. The molecule has 2 heterocycles. The molecule has 0 radical (unpaired) electrons. The standard InChI is InChI=1S/C11H10F2N6/c1-7-15-16-17-18(7)6-10-14-8-4-2-3-5-9(8)19(10)11(12)13/h2-5,11H,6H2,1H3. The van der Waals surface area contributed by atoms with Crippen molar-refractivity contribution in [1.29, 1.82) is 0 Å². The highest BCUT2D eigenvalue weighted by molar-refractivity contribution is 5.75. The number of tetrazole rings is 1. The van der Waals surface area contributed by atoms with E-state index in [9.17, 15) is 8.78 Å². The van der Waals surface area contributed by atoms with Crippen molar-refractivity contribution >= 4 is 11.0 Å². The van der Waals surface area contributed by atoms with Gasteiger partial charge in [-0.1, -0.05) is 12.1 Å². The summed E-state index contributed by atoms with van der Waals surface area (Å²) in [5.74, 6) is 0.777. The first-order valence-corrected chi connectivity index (χ1v) is 5.63. The summed E-state index contributed by atoms with van der Waals surface area (Å²) < 4.78 is 28.7. The average Bonchev–Trinajstić information content (AvgIpc) is 2.93. The molecule has 19 heavy (non-hydrogen) atoms. The molecule has 0 aliphatic rings. The van der Waals surface area contributed by atoms with Crippen LogP contribution in [0.4, 0.5) is 8.78 Å². The Morgan fingerprint density at radius 2 is 2.05 bits per heavy atom. The maximum Gasteiger partial charge on any atom is 0.320 e. The Morgan fingerprint density at radius 1 is 1.26 bits per heavy atom. The number of nitrogens with zero attached hydrogens (tertiary/aromatic N) is 6. The number of halogens is 2. The molecule has 0 aliphatic carbocycles. The third kappa shape index (κ3) is 1.94. The van der Waals surface area contributed by atoms with Gasteiger partial charge >= 0.3 is 6.55 Å². The molecule has 1 aromatic carbocycles. The van der Waals surface area contributed by atoms with Crippen LogP contribution in [0, 0.1) is 6.92 Å². The van der Waals surface area contributed by atoms with Gasteiger partial charge in [-0.3, -0.25) is 4.57 Å². The first kappa shape index (κ1) is 11.7. The number of imidazole rings is 1. The van der Waals surface area contributed by atoms with Crippen LogP contribution in [-0.4, -0.2) is 29.8 Å². The van der Waals surface area contributed by atoms with Crippen LogP contribution >= 0.6 is 0 Å². The van der Waals surface area contributed by atoms with Gasteiger partial charge in [-0.25, -0.2) is 9.67 Å². The molecular weight excluding hydrogens is 254 g/mol. The van der Waals surface area contributed by atoms with E-state index in [4.69, 9.17) is 0 Å². The lowest BCUT2D eigenvalue weighted by Gasteiger charge is -2.07. The van der Waals surface area contributed by atoms with Crippen LogP contribution in [0.1, 0.15) is 18.2 Å². The van der Waals surface area contributed by atoms with E-state index in [1.165, 1.54) is 4.68 Å². The average molecular weight is 264 g/mol. The van der Waals surface area contributed by atoms with Gasteiger partial charge in [-0.2, -0.15) is 8.78 Å². The highest BCUT2D eigenvalue weighted by Gasteiger charge is 2.18. The summed E-state index contributed by atoms with van der Waals surface area (Å²) in [5, 5.41) is 10.9. The second-order valence-corrected chi connectivity index (χ2v) is 4.05. The van der Waals surface area contributed by atoms with Gasteiger partial charge in [0.2, 0.25) is 0 Å². The summed E-state index contributed by atoms with van der Waals surface area (Å²) in [7, 11) is 0. The molecule has 0 bridgehead atoms. The quantitative estimate of drug-likeness (QED) is 0.723. The van der Waals surface area contributed by atoms with Crippen molar-refractivity contribution in [3.63, 3.8) is 0 Å². The van der Waals surface area contributed by atoms with Gasteiger partial charge < -0.3 is 0 Å². The Morgan fingerprint density at radius 3 is 2.74 bits per heavy atom. The second kappa shape index (κ2) is 4.38. The van der Waals surface area contributed by atoms with E-state index in [1.807, 2.05) is 0 Å². The number of rotatable bonds is 3. The number of hydrogen-bond acceptors (Lipinski definition) is 4. The SMILES string of the molecule is Cc1nnnn1Cc1nc2ccccc2n1C(F)F. The van der Waals surface area contributed by atoms with Gasteiger partial charge in [0.1, 0.15) is 18.2 Å². The minimum Gasteiger partial charge on any atom is -0.269 e. The van der Waals surface area contributed by atoms with Gasteiger partial charge in [0.05, 0.1) is 11.0 Å². The molecule has 3 rings (SSSR count). The first-order valence-electron chi connectivity index (χ1n) is 5.63. The van der Waals surface area contributed by atoms with Crippen molar-refractivity contribution in [3.05, 3.63) is 35.9 Å². The minimum absolute atomic E-state index is 0.109. The van der Waals surface area contributed by atoms with E-state index in [2.05, 4.69) is 20.5 Å². The third-order valence-corrected chi connectivity index (χ3v) is 2.87. The molecule has 3 aromatic rings. The fourth-order valence-electron chi connectivity index (χ4n) is 1.95. The van der Waals surface area contributed by atoms with Crippen molar-refractivity contribution in [1.82, 2.24) is 29.8 Å². The second-order valence-electron chi connectivity index (χ2n) is 4.05. The lowest BCUT2D eigenvalue weighted by molar-refractivity contribution is 0.0710. The fourth-order valence-corrected chi connectivity index (χ4v) is 1.95. The highest BCUT2D eigenvalue weighted by Crippen LogP contribution is 2.23. The summed E-state index contributed by atoms with van der Waals surface area (Å²) in [6.07, 6.45) is 0. The lowest BCUT2D eigenvalue weighted by atomic mass is 10.3. The minimum atomic E-state index is -2.65. The van der Waals surface area contributed by atoms with Gasteiger partial charge in [0, 0.05) is 0 Å². The third-order valence-electron chi connectivity index (χ3n) is 2.87. The Kier molecular flexibility index (Phi) is 2.69. The van der Waals surface area contributed by atoms with Crippen LogP contribution in [0.25, 0.3) is 11.0 Å². The van der Waals surface area contributed by atoms with Crippen LogP contribution in [0.15, 0.2) is 24.3 Å². The predicted molar refractivity (Wildman–Crippen MR) is 62.6 cm³/mol. The fraction of sp³-hybridized carbons (Fsp3) is 0.273. The molecule has 0 N–H and O–H groups in total. The van der Waals surface area contributed by atoms with E-state index in [1.54, 1.807) is 31.2 Å². The Labute approximate surface area is 106 Å².